The summed E-state index contributed by atoms with van der Waals surface area (Å²) in [5, 5.41) is 16.4. The van der Waals surface area contributed by atoms with Gasteiger partial charge in [-0.2, -0.15) is 0 Å². The van der Waals surface area contributed by atoms with Crippen molar-refractivity contribution < 1.29 is 14.5 Å². The van der Waals surface area contributed by atoms with Crippen molar-refractivity contribution in [2.75, 3.05) is 11.9 Å². The van der Waals surface area contributed by atoms with Gasteiger partial charge < -0.3 is 10.6 Å². The summed E-state index contributed by atoms with van der Waals surface area (Å²) in [5.74, 6) is -0.345. The van der Waals surface area contributed by atoms with Crippen molar-refractivity contribution in [1.82, 2.24) is 5.32 Å². The number of anilines is 1. The van der Waals surface area contributed by atoms with Gasteiger partial charge in [0.05, 0.1) is 4.92 Å². The first-order valence-electron chi connectivity index (χ1n) is 8.23. The van der Waals surface area contributed by atoms with Crippen LogP contribution in [0.1, 0.15) is 56.8 Å². The van der Waals surface area contributed by atoms with Gasteiger partial charge in [0.1, 0.15) is 5.69 Å². The zero-order valence-electron chi connectivity index (χ0n) is 14.4. The van der Waals surface area contributed by atoms with E-state index in [0.717, 1.165) is 25.7 Å². The van der Waals surface area contributed by atoms with E-state index in [1.54, 1.807) is 0 Å². The molecule has 1 atom stereocenters. The molecule has 7 heteroatoms. The molecule has 0 aliphatic heterocycles. The van der Waals surface area contributed by atoms with Crippen molar-refractivity contribution in [1.29, 1.82) is 0 Å². The predicted molar refractivity (Wildman–Crippen MR) is 93.0 cm³/mol. The number of unbranched alkanes of at least 4 members (excludes halogenated alkanes) is 1. The summed E-state index contributed by atoms with van der Waals surface area (Å²) in [6.45, 7) is 6.03. The minimum Gasteiger partial charge on any atom is -0.352 e. The molecule has 1 aromatic rings. The van der Waals surface area contributed by atoms with E-state index in [1.807, 2.05) is 0 Å². The van der Waals surface area contributed by atoms with Gasteiger partial charge in [-0.3, -0.25) is 19.7 Å². The quantitative estimate of drug-likeness (QED) is 0.532. The lowest BCUT2D eigenvalue weighted by Crippen LogP contribution is -2.29. The number of rotatable bonds is 9. The Hall–Kier alpha value is -2.44. The first-order chi connectivity index (χ1) is 11.4. The van der Waals surface area contributed by atoms with Crippen molar-refractivity contribution in [2.24, 2.45) is 5.92 Å². The lowest BCUT2D eigenvalue weighted by Gasteiger charge is -2.15. The molecule has 0 radical (unpaired) electrons. The topological polar surface area (TPSA) is 101 Å². The molecule has 1 aromatic carbocycles. The molecule has 2 N–H and O–H groups in total. The minimum atomic E-state index is -0.613. The number of carbonyl (C=O) groups excluding carboxylic acids is 2. The number of nitrogens with one attached hydrogen (secondary N) is 2. The maximum atomic E-state index is 12.2. The second-order valence-electron chi connectivity index (χ2n) is 5.80. The summed E-state index contributed by atoms with van der Waals surface area (Å²) >= 11 is 0. The van der Waals surface area contributed by atoms with Crippen LogP contribution in [0.25, 0.3) is 0 Å². The smallest absolute Gasteiger partial charge is 0.293 e. The summed E-state index contributed by atoms with van der Waals surface area (Å²) in [6, 6.07) is 4.04. The van der Waals surface area contributed by atoms with E-state index < -0.39 is 10.8 Å². The van der Waals surface area contributed by atoms with Gasteiger partial charge in [-0.15, -0.1) is 0 Å². The summed E-state index contributed by atoms with van der Waals surface area (Å²) in [4.78, 5) is 33.8. The normalized spacial score (nSPS) is 11.6. The van der Waals surface area contributed by atoms with E-state index in [1.165, 1.54) is 25.1 Å². The molecule has 1 rings (SSSR count). The monoisotopic (exact) mass is 335 g/mol. The average Bonchev–Trinajstić information content (AvgIpc) is 2.54. The van der Waals surface area contributed by atoms with Crippen LogP contribution in [0.3, 0.4) is 0 Å². The fourth-order valence-electron chi connectivity index (χ4n) is 2.40. The van der Waals surface area contributed by atoms with Crippen molar-refractivity contribution in [2.45, 2.75) is 46.5 Å². The molecule has 0 bridgehead atoms. The maximum absolute atomic E-state index is 12.2. The van der Waals surface area contributed by atoms with Crippen molar-refractivity contribution in [3.63, 3.8) is 0 Å². The Labute approximate surface area is 142 Å². The molecule has 0 aromatic heterocycles. The molecule has 24 heavy (non-hydrogen) atoms. The van der Waals surface area contributed by atoms with Gasteiger partial charge in [0.15, 0.2) is 0 Å². The number of hydrogen-bond acceptors (Lipinski definition) is 4. The van der Waals surface area contributed by atoms with Crippen LogP contribution in [0.5, 0.6) is 0 Å². The Morgan fingerprint density at radius 1 is 1.29 bits per heavy atom. The molecular formula is C17H25N3O4. The zero-order chi connectivity index (χ0) is 18.1. The third-order valence-corrected chi connectivity index (χ3v) is 3.86. The Bertz CT molecular complexity index is 601. The van der Waals surface area contributed by atoms with Crippen LogP contribution >= 0.6 is 0 Å². The van der Waals surface area contributed by atoms with Crippen molar-refractivity contribution >= 4 is 23.2 Å². The fourth-order valence-corrected chi connectivity index (χ4v) is 2.40. The molecular weight excluding hydrogens is 310 g/mol. The highest BCUT2D eigenvalue weighted by atomic mass is 16.6. The molecule has 7 nitrogen and oxygen atoms in total. The Morgan fingerprint density at radius 3 is 2.54 bits per heavy atom. The standard InChI is InChI=1S/C17H25N3O4/c1-4-6-7-13(5-2)11-18-17(22)14-8-9-15(19-12(3)21)16(10-14)20(23)24/h8-10,13H,4-7,11H2,1-3H3,(H,18,22)(H,19,21). The average molecular weight is 335 g/mol. The number of nitrogens with zero attached hydrogens (tertiary/aromatic N) is 1. The SMILES string of the molecule is CCCCC(CC)CNC(=O)c1ccc(NC(C)=O)c([N+](=O)[O-])c1. The van der Waals surface area contributed by atoms with E-state index in [4.69, 9.17) is 0 Å². The summed E-state index contributed by atoms with van der Waals surface area (Å²) in [5.41, 5.74) is -0.00421. The highest BCUT2D eigenvalue weighted by Gasteiger charge is 2.18. The molecule has 2 amide bonds. The number of carbonyl (C=O) groups is 2. The number of nitro benzene ring substituents is 1. The van der Waals surface area contributed by atoms with Crippen LogP contribution in [-0.2, 0) is 4.79 Å². The molecule has 0 saturated heterocycles. The maximum Gasteiger partial charge on any atom is 0.293 e. The van der Waals surface area contributed by atoms with Crippen molar-refractivity contribution in [3.8, 4) is 0 Å². The Morgan fingerprint density at radius 2 is 2.00 bits per heavy atom. The number of benzene rings is 1. The minimum absolute atomic E-state index is 0.0819. The largest absolute Gasteiger partial charge is 0.352 e. The van der Waals surface area contributed by atoms with Gasteiger partial charge in [-0.1, -0.05) is 33.1 Å². The van der Waals surface area contributed by atoms with Gasteiger partial charge in [-0.25, -0.2) is 0 Å². The molecule has 0 heterocycles. The number of nitro groups is 1. The molecule has 0 fully saturated rings. The van der Waals surface area contributed by atoms with E-state index in [0.29, 0.717) is 12.5 Å². The van der Waals surface area contributed by atoms with E-state index >= 15 is 0 Å². The summed E-state index contributed by atoms with van der Waals surface area (Å²) < 4.78 is 0. The first-order valence-corrected chi connectivity index (χ1v) is 8.23. The van der Waals surface area contributed by atoms with Crippen LogP contribution in [0, 0.1) is 16.0 Å². The second kappa shape index (κ2) is 9.64. The van der Waals surface area contributed by atoms with Crippen molar-refractivity contribution in [3.05, 3.63) is 33.9 Å². The first kappa shape index (κ1) is 19.6. The van der Waals surface area contributed by atoms with Crippen LogP contribution in [0.2, 0.25) is 0 Å². The lowest BCUT2D eigenvalue weighted by molar-refractivity contribution is -0.384. The van der Waals surface area contributed by atoms with Gasteiger partial charge in [0.25, 0.3) is 11.6 Å². The van der Waals surface area contributed by atoms with Crippen LogP contribution in [0.15, 0.2) is 18.2 Å². The molecule has 0 aliphatic rings. The molecule has 0 spiro atoms. The molecule has 0 saturated carbocycles. The van der Waals surface area contributed by atoms with Crippen LogP contribution < -0.4 is 10.6 Å². The highest BCUT2D eigenvalue weighted by Crippen LogP contribution is 2.25. The van der Waals surface area contributed by atoms with E-state index in [9.17, 15) is 19.7 Å². The lowest BCUT2D eigenvalue weighted by atomic mass is 9.99. The van der Waals surface area contributed by atoms with Crippen LogP contribution in [0.4, 0.5) is 11.4 Å². The van der Waals surface area contributed by atoms with Gasteiger partial charge in [0.2, 0.25) is 5.91 Å². The predicted octanol–water partition coefficient (Wildman–Crippen LogP) is 3.50. The van der Waals surface area contributed by atoms with E-state index in [-0.39, 0.29) is 22.8 Å². The van der Waals surface area contributed by atoms with Gasteiger partial charge in [-0.05, 0) is 24.5 Å². The van der Waals surface area contributed by atoms with E-state index in [2.05, 4.69) is 24.5 Å². The third-order valence-electron chi connectivity index (χ3n) is 3.86. The highest BCUT2D eigenvalue weighted by molar-refractivity contribution is 5.97. The Kier molecular flexibility index (Phi) is 7.88. The number of amides is 2. The summed E-state index contributed by atoms with van der Waals surface area (Å²) in [7, 11) is 0. The molecule has 132 valence electrons. The molecule has 1 unspecified atom stereocenters. The van der Waals surface area contributed by atoms with Gasteiger partial charge in [0, 0.05) is 25.1 Å². The fraction of sp³-hybridized carbons (Fsp3) is 0.529. The second-order valence-corrected chi connectivity index (χ2v) is 5.80. The molecule has 0 aliphatic carbocycles. The zero-order valence-corrected chi connectivity index (χ0v) is 14.4. The van der Waals surface area contributed by atoms with Crippen LogP contribution in [-0.4, -0.2) is 23.3 Å². The number of hydrogen-bond donors (Lipinski definition) is 2. The Balaban J connectivity index is 2.81. The summed E-state index contributed by atoms with van der Waals surface area (Å²) in [6.07, 6.45) is 4.25. The van der Waals surface area contributed by atoms with Gasteiger partial charge >= 0.3 is 0 Å². The third kappa shape index (κ3) is 5.98.